The molecule has 0 bridgehead atoms. The number of carbonyl (C=O) groups is 1. The van der Waals surface area contributed by atoms with Crippen LogP contribution in [0.2, 0.25) is 0 Å². The summed E-state index contributed by atoms with van der Waals surface area (Å²) in [6, 6.07) is 3.67. The highest BCUT2D eigenvalue weighted by Gasteiger charge is 2.40. The van der Waals surface area contributed by atoms with Crippen LogP contribution in [-0.2, 0) is 20.9 Å². The van der Waals surface area contributed by atoms with Crippen LogP contribution in [-0.4, -0.2) is 34.3 Å². The van der Waals surface area contributed by atoms with E-state index in [4.69, 9.17) is 9.47 Å². The molecule has 0 saturated heterocycles. The van der Waals surface area contributed by atoms with Crippen LogP contribution >= 0.6 is 0 Å². The van der Waals surface area contributed by atoms with Gasteiger partial charge in [0.2, 0.25) is 0 Å². The van der Waals surface area contributed by atoms with Crippen molar-refractivity contribution in [2.75, 3.05) is 6.61 Å². The lowest BCUT2D eigenvalue weighted by atomic mass is 9.77. The van der Waals surface area contributed by atoms with Crippen LogP contribution in [0.1, 0.15) is 71.4 Å². The van der Waals surface area contributed by atoms with Crippen molar-refractivity contribution >= 4 is 17.3 Å². The van der Waals surface area contributed by atoms with Gasteiger partial charge in [0, 0.05) is 29.4 Å². The number of benzene rings is 1. The van der Waals surface area contributed by atoms with Gasteiger partial charge >= 0.3 is 12.3 Å². The van der Waals surface area contributed by atoms with Crippen molar-refractivity contribution in [3.05, 3.63) is 23.8 Å². The topological polar surface area (TPSA) is 79.9 Å². The summed E-state index contributed by atoms with van der Waals surface area (Å²) in [6.07, 6.45) is -1.70. The maximum absolute atomic E-state index is 12.8. The van der Waals surface area contributed by atoms with E-state index in [0.717, 1.165) is 12.8 Å². The largest absolute Gasteiger partial charge is 0.598 e. The molecule has 0 unspecified atom stereocenters. The molecule has 1 fully saturated rings. The van der Waals surface area contributed by atoms with Crippen molar-refractivity contribution in [3.63, 3.8) is 0 Å². The van der Waals surface area contributed by atoms with Crippen molar-refractivity contribution in [2.24, 2.45) is 11.8 Å². The Morgan fingerprint density at radius 1 is 1.21 bits per heavy atom. The predicted octanol–water partition coefficient (Wildman–Crippen LogP) is 5.20. The van der Waals surface area contributed by atoms with Crippen molar-refractivity contribution in [1.29, 1.82) is 0 Å². The molecule has 1 aromatic carbocycles. The monoisotopic (exact) mass is 491 g/mol. The van der Waals surface area contributed by atoms with Crippen LogP contribution in [0.4, 0.5) is 13.2 Å². The molecule has 0 amide bonds. The van der Waals surface area contributed by atoms with Gasteiger partial charge in [-0.15, -0.1) is 17.9 Å². The average molecular weight is 492 g/mol. The summed E-state index contributed by atoms with van der Waals surface area (Å²) in [5.74, 6) is -0.248. The normalized spacial score (nSPS) is 26.7. The first kappa shape index (κ1) is 26.0. The number of rotatable bonds is 6. The van der Waals surface area contributed by atoms with Gasteiger partial charge in [0.1, 0.15) is 22.4 Å². The fourth-order valence-electron chi connectivity index (χ4n) is 4.37. The van der Waals surface area contributed by atoms with Gasteiger partial charge in [-0.05, 0) is 71.4 Å². The van der Waals surface area contributed by atoms with E-state index in [1.807, 2.05) is 20.8 Å². The third-order valence-electron chi connectivity index (χ3n) is 6.06. The van der Waals surface area contributed by atoms with E-state index >= 15 is 0 Å². The minimum atomic E-state index is -4.81. The number of fused-ring (bicyclic) bond motifs is 1. The Bertz CT molecular complexity index is 821. The maximum atomic E-state index is 12.8. The average Bonchev–Trinajstić information content (AvgIpc) is 2.71. The molecular weight excluding hydrogens is 459 g/mol. The highest BCUT2D eigenvalue weighted by molar-refractivity contribution is 7.90. The van der Waals surface area contributed by atoms with Crippen molar-refractivity contribution in [2.45, 2.75) is 83.1 Å². The molecule has 1 heterocycles. The molecule has 1 N–H and O–H groups in total. The Labute approximate surface area is 195 Å². The standard InChI is InChI=1S/C23H32F3NO5S/c1-5-30-21(28)15-8-6-14(7-9-15)19-13-18(27-33(29)22(2,3)4)17-11-10-16(12-20(17)31-19)32-23(24,25)26/h10-12,14-15,18-19,27H,5-9,13H2,1-4H3/t14-,15+,18-,19-,33-/m0/s1. The first-order valence-corrected chi connectivity index (χ1v) is 12.4. The predicted molar refractivity (Wildman–Crippen MR) is 118 cm³/mol. The molecule has 33 heavy (non-hydrogen) atoms. The number of hydrogen-bond donors (Lipinski definition) is 1. The summed E-state index contributed by atoms with van der Waals surface area (Å²) in [7, 11) is 0. The molecule has 1 aromatic rings. The minimum Gasteiger partial charge on any atom is -0.598 e. The van der Waals surface area contributed by atoms with Crippen LogP contribution in [0, 0.1) is 11.8 Å². The van der Waals surface area contributed by atoms with Crippen LogP contribution < -0.4 is 14.2 Å². The smallest absolute Gasteiger partial charge is 0.573 e. The van der Waals surface area contributed by atoms with Crippen LogP contribution in [0.25, 0.3) is 0 Å². The fourth-order valence-corrected chi connectivity index (χ4v) is 5.20. The highest BCUT2D eigenvalue weighted by atomic mass is 32.2. The Kier molecular flexibility index (Phi) is 8.11. The molecule has 3 atom stereocenters. The van der Waals surface area contributed by atoms with Gasteiger partial charge in [-0.3, -0.25) is 4.79 Å². The van der Waals surface area contributed by atoms with Crippen LogP contribution in [0.3, 0.4) is 0 Å². The summed E-state index contributed by atoms with van der Waals surface area (Å²) in [5.41, 5.74) is 0.651. The summed E-state index contributed by atoms with van der Waals surface area (Å²) in [6.45, 7) is 7.68. The van der Waals surface area contributed by atoms with Gasteiger partial charge in [0.25, 0.3) is 0 Å². The summed E-state index contributed by atoms with van der Waals surface area (Å²) < 4.78 is 69.0. The number of hydrogen-bond acceptors (Lipinski definition) is 6. The zero-order chi connectivity index (χ0) is 24.4. The Morgan fingerprint density at radius 2 is 1.88 bits per heavy atom. The van der Waals surface area contributed by atoms with Gasteiger partial charge in [-0.25, -0.2) is 0 Å². The highest BCUT2D eigenvalue weighted by Crippen LogP contribution is 2.44. The van der Waals surface area contributed by atoms with Crippen molar-refractivity contribution < 1.29 is 36.7 Å². The van der Waals surface area contributed by atoms with Gasteiger partial charge < -0.3 is 18.8 Å². The molecule has 1 aliphatic carbocycles. The zero-order valence-corrected chi connectivity index (χ0v) is 20.2. The lowest BCUT2D eigenvalue weighted by molar-refractivity contribution is -0.274. The second-order valence-electron chi connectivity index (χ2n) is 9.55. The van der Waals surface area contributed by atoms with Gasteiger partial charge in [0.15, 0.2) is 0 Å². The molecular formula is C23H32F3NO5S. The number of nitrogens with one attached hydrogen (secondary N) is 1. The third kappa shape index (κ3) is 6.93. The second kappa shape index (κ2) is 10.3. The second-order valence-corrected chi connectivity index (χ2v) is 11.6. The Balaban J connectivity index is 1.79. The van der Waals surface area contributed by atoms with E-state index < -0.39 is 22.5 Å². The number of alkyl halides is 3. The zero-order valence-electron chi connectivity index (χ0n) is 19.4. The molecule has 186 valence electrons. The number of ether oxygens (including phenoxy) is 3. The fraction of sp³-hybridized carbons (Fsp3) is 0.696. The molecule has 3 rings (SSSR count). The van der Waals surface area contributed by atoms with E-state index in [2.05, 4.69) is 9.46 Å². The summed E-state index contributed by atoms with van der Waals surface area (Å²) in [5, 5.41) is 0. The number of carbonyl (C=O) groups excluding carboxylic acids is 1. The van der Waals surface area contributed by atoms with E-state index in [-0.39, 0.29) is 35.7 Å². The molecule has 0 radical (unpaired) electrons. The number of halogens is 3. The molecule has 0 spiro atoms. The summed E-state index contributed by atoms with van der Waals surface area (Å²) in [4.78, 5) is 12.1. The van der Waals surface area contributed by atoms with Gasteiger partial charge in [-0.2, -0.15) is 0 Å². The first-order valence-electron chi connectivity index (χ1n) is 11.3. The van der Waals surface area contributed by atoms with Gasteiger partial charge in [-0.1, -0.05) is 0 Å². The first-order chi connectivity index (χ1) is 15.4. The molecule has 1 aliphatic heterocycles. The molecule has 6 nitrogen and oxygen atoms in total. The van der Waals surface area contributed by atoms with Gasteiger partial charge in [0.05, 0.1) is 18.6 Å². The summed E-state index contributed by atoms with van der Waals surface area (Å²) >= 11 is -1.38. The molecule has 1 saturated carbocycles. The quantitative estimate of drug-likeness (QED) is 0.435. The van der Waals surface area contributed by atoms with E-state index in [1.165, 1.54) is 18.2 Å². The lowest BCUT2D eigenvalue weighted by Gasteiger charge is -2.39. The SMILES string of the molecule is CCOC(=O)[C@H]1CC[C@@H]([C@@H]2C[C@H](N[S@@+]([O-])C(C)(C)C)c3ccc(OC(F)(F)F)cc3O2)CC1. The molecule has 0 aromatic heterocycles. The Morgan fingerprint density at radius 3 is 2.45 bits per heavy atom. The van der Waals surface area contributed by atoms with Crippen LogP contribution in [0.15, 0.2) is 18.2 Å². The Hall–Kier alpha value is -1.65. The van der Waals surface area contributed by atoms with E-state index in [0.29, 0.717) is 37.2 Å². The van der Waals surface area contributed by atoms with E-state index in [9.17, 15) is 22.5 Å². The van der Waals surface area contributed by atoms with Crippen LogP contribution in [0.5, 0.6) is 11.5 Å². The maximum Gasteiger partial charge on any atom is 0.573 e. The number of esters is 1. The third-order valence-corrected chi connectivity index (χ3v) is 7.67. The molecule has 2 aliphatic rings. The lowest BCUT2D eigenvalue weighted by Crippen LogP contribution is -2.45. The van der Waals surface area contributed by atoms with Crippen molar-refractivity contribution in [1.82, 2.24) is 4.72 Å². The molecule has 10 heteroatoms. The van der Waals surface area contributed by atoms with E-state index in [1.54, 1.807) is 6.92 Å². The van der Waals surface area contributed by atoms with Crippen molar-refractivity contribution in [3.8, 4) is 11.5 Å². The minimum absolute atomic E-state index is 0.128.